The molecule has 5 heterocycles. The Kier molecular flexibility index (Phi) is 7.37. The van der Waals surface area contributed by atoms with Crippen LogP contribution in [0.15, 0.2) is 67.1 Å². The van der Waals surface area contributed by atoms with Crippen molar-refractivity contribution in [3.8, 4) is 39.7 Å². The number of nitrogens with zero attached hydrogens (tertiary/aromatic N) is 5. The number of carbonyl (C=O) groups excluding carboxylic acids is 1. The first-order valence-electron chi connectivity index (χ1n) is 15.8. The van der Waals surface area contributed by atoms with Crippen molar-refractivity contribution < 1.29 is 13.9 Å². The molecule has 2 fully saturated rings. The molecule has 232 valence electrons. The number of anilines is 1. The highest BCUT2D eigenvalue weighted by Gasteiger charge is 2.25. The number of aromatic nitrogens is 6. The van der Waals surface area contributed by atoms with Gasteiger partial charge < -0.3 is 15.0 Å². The van der Waals surface area contributed by atoms with E-state index in [-0.39, 0.29) is 17.6 Å². The Bertz CT molecular complexity index is 2060. The summed E-state index contributed by atoms with van der Waals surface area (Å²) in [6, 6.07) is 14.4. The third kappa shape index (κ3) is 5.58. The van der Waals surface area contributed by atoms with E-state index in [2.05, 4.69) is 35.4 Å². The monoisotopic (exact) mass is 616 g/mol. The molecule has 0 spiro atoms. The number of carbonyl (C=O) groups is 1. The normalized spacial score (nSPS) is 15.4. The molecule has 0 unspecified atom stereocenters. The Labute approximate surface area is 264 Å². The Morgan fingerprint density at radius 1 is 1.00 bits per heavy atom. The number of imidazole rings is 1. The maximum absolute atomic E-state index is 14.8. The molecule has 11 heteroatoms. The SMILES string of the molecule is O=C(Nc1cncc(-c2cc3c(-c4nc5c(-c6cc(F)cc(OCCN7CCCC7)c6)cccc5[nH]4)n[nH]c3cn2)c1)C1CCC1. The largest absolute Gasteiger partial charge is 0.492 e. The lowest BCUT2D eigenvalue weighted by molar-refractivity contribution is -0.122. The summed E-state index contributed by atoms with van der Waals surface area (Å²) in [5.74, 6) is 0.831. The van der Waals surface area contributed by atoms with Gasteiger partial charge in [0.1, 0.15) is 23.9 Å². The molecule has 1 saturated heterocycles. The molecule has 1 saturated carbocycles. The molecule has 1 aliphatic carbocycles. The van der Waals surface area contributed by atoms with Crippen LogP contribution in [0.4, 0.5) is 10.1 Å². The Hall–Kier alpha value is -5.16. The molecule has 8 rings (SSSR count). The van der Waals surface area contributed by atoms with Crippen molar-refractivity contribution in [1.29, 1.82) is 0 Å². The van der Waals surface area contributed by atoms with E-state index < -0.39 is 0 Å². The predicted octanol–water partition coefficient (Wildman–Crippen LogP) is 6.58. The summed E-state index contributed by atoms with van der Waals surface area (Å²) in [5.41, 5.74) is 6.48. The van der Waals surface area contributed by atoms with Crippen LogP contribution in [-0.4, -0.2) is 67.2 Å². The number of amides is 1. The van der Waals surface area contributed by atoms with E-state index in [0.717, 1.165) is 66.4 Å². The fraction of sp³-hybridized carbons (Fsp3) is 0.286. The highest BCUT2D eigenvalue weighted by molar-refractivity contribution is 5.98. The van der Waals surface area contributed by atoms with E-state index in [0.29, 0.717) is 46.3 Å². The number of halogens is 1. The number of hydrogen-bond acceptors (Lipinski definition) is 7. The minimum Gasteiger partial charge on any atom is -0.492 e. The van der Waals surface area contributed by atoms with Gasteiger partial charge in [0.25, 0.3) is 0 Å². The van der Waals surface area contributed by atoms with Crippen molar-refractivity contribution in [2.75, 3.05) is 31.6 Å². The van der Waals surface area contributed by atoms with Gasteiger partial charge in [-0.05, 0) is 74.7 Å². The molecule has 0 bridgehead atoms. The molecule has 1 aliphatic heterocycles. The summed E-state index contributed by atoms with van der Waals surface area (Å²) in [6.45, 7) is 3.53. The highest BCUT2D eigenvalue weighted by Crippen LogP contribution is 2.34. The third-order valence-electron chi connectivity index (χ3n) is 9.02. The summed E-state index contributed by atoms with van der Waals surface area (Å²) in [7, 11) is 0. The van der Waals surface area contributed by atoms with Crippen molar-refractivity contribution in [3.05, 3.63) is 72.9 Å². The second kappa shape index (κ2) is 12.0. The van der Waals surface area contributed by atoms with Gasteiger partial charge in [-0.2, -0.15) is 5.10 Å². The zero-order chi connectivity index (χ0) is 31.0. The van der Waals surface area contributed by atoms with Crippen molar-refractivity contribution in [1.82, 2.24) is 35.0 Å². The number of likely N-dealkylation sites (tertiary alicyclic amines) is 1. The average molecular weight is 617 g/mol. The molecule has 6 aromatic rings. The quantitative estimate of drug-likeness (QED) is 0.168. The molecule has 1 amide bonds. The predicted molar refractivity (Wildman–Crippen MR) is 175 cm³/mol. The first kappa shape index (κ1) is 28.3. The summed E-state index contributed by atoms with van der Waals surface area (Å²) >= 11 is 0. The number of nitrogens with one attached hydrogen (secondary N) is 3. The fourth-order valence-corrected chi connectivity index (χ4v) is 6.30. The number of pyridine rings is 2. The second-order valence-corrected chi connectivity index (χ2v) is 12.1. The lowest BCUT2D eigenvalue weighted by Crippen LogP contribution is -2.28. The van der Waals surface area contributed by atoms with Gasteiger partial charge in [0.15, 0.2) is 5.82 Å². The minimum atomic E-state index is -0.360. The van der Waals surface area contributed by atoms with Gasteiger partial charge >= 0.3 is 0 Å². The highest BCUT2D eigenvalue weighted by atomic mass is 19.1. The van der Waals surface area contributed by atoms with Gasteiger partial charge in [-0.15, -0.1) is 0 Å². The zero-order valence-electron chi connectivity index (χ0n) is 25.2. The number of para-hydroxylation sites is 1. The Morgan fingerprint density at radius 3 is 2.74 bits per heavy atom. The van der Waals surface area contributed by atoms with Crippen LogP contribution < -0.4 is 10.1 Å². The van der Waals surface area contributed by atoms with Crippen molar-refractivity contribution in [2.45, 2.75) is 32.1 Å². The van der Waals surface area contributed by atoms with Crippen molar-refractivity contribution in [3.63, 3.8) is 0 Å². The Balaban J connectivity index is 1.09. The van der Waals surface area contributed by atoms with Gasteiger partial charge in [-0.25, -0.2) is 9.37 Å². The van der Waals surface area contributed by atoms with E-state index in [1.165, 1.54) is 25.0 Å². The minimum absolute atomic E-state index is 0.0366. The van der Waals surface area contributed by atoms with Gasteiger partial charge in [-0.3, -0.25) is 24.8 Å². The van der Waals surface area contributed by atoms with Crippen LogP contribution in [0.3, 0.4) is 0 Å². The van der Waals surface area contributed by atoms with E-state index in [1.54, 1.807) is 18.6 Å². The number of rotatable bonds is 9. The van der Waals surface area contributed by atoms with Gasteiger partial charge in [0.05, 0.1) is 40.3 Å². The molecular weight excluding hydrogens is 583 g/mol. The van der Waals surface area contributed by atoms with Crippen LogP contribution in [0, 0.1) is 11.7 Å². The average Bonchev–Trinajstić information content (AvgIpc) is 3.79. The number of aromatic amines is 2. The lowest BCUT2D eigenvalue weighted by atomic mass is 9.85. The van der Waals surface area contributed by atoms with E-state index in [1.807, 2.05) is 36.4 Å². The van der Waals surface area contributed by atoms with Gasteiger partial charge in [0.2, 0.25) is 5.91 Å². The van der Waals surface area contributed by atoms with Crippen molar-refractivity contribution in [2.24, 2.45) is 5.92 Å². The standard InChI is InChI=1S/C35H33FN8O2/c36-24-13-22(15-26(16-24)46-12-11-44-9-1-2-10-44)27-7-4-8-29-32(27)41-34(40-29)33-28-17-30(38-20-31(28)42-43-33)23-14-25(19-37-18-23)39-35(45)21-5-3-6-21/h4,7-8,13-21H,1-3,5-6,9-12H2,(H,39,45)(H,40,41)(H,42,43). The van der Waals surface area contributed by atoms with E-state index in [4.69, 9.17) is 9.72 Å². The number of ether oxygens (including phenoxy) is 1. The fourth-order valence-electron chi connectivity index (χ4n) is 6.30. The topological polar surface area (TPSA) is 125 Å². The summed E-state index contributed by atoms with van der Waals surface area (Å²) in [6.07, 6.45) is 10.5. The molecule has 4 aromatic heterocycles. The van der Waals surface area contributed by atoms with E-state index in [9.17, 15) is 9.18 Å². The van der Waals surface area contributed by atoms with Crippen LogP contribution in [-0.2, 0) is 4.79 Å². The maximum Gasteiger partial charge on any atom is 0.227 e. The molecule has 2 aliphatic rings. The summed E-state index contributed by atoms with van der Waals surface area (Å²) < 4.78 is 20.8. The maximum atomic E-state index is 14.8. The summed E-state index contributed by atoms with van der Waals surface area (Å²) in [5, 5.41) is 11.4. The molecule has 46 heavy (non-hydrogen) atoms. The third-order valence-corrected chi connectivity index (χ3v) is 9.02. The van der Waals surface area contributed by atoms with E-state index >= 15 is 0 Å². The first-order chi connectivity index (χ1) is 22.6. The van der Waals surface area contributed by atoms with Crippen LogP contribution in [0.1, 0.15) is 32.1 Å². The van der Waals surface area contributed by atoms with Crippen molar-refractivity contribution >= 4 is 33.5 Å². The molecular formula is C35H33FN8O2. The Morgan fingerprint density at radius 2 is 1.89 bits per heavy atom. The molecule has 3 N–H and O–H groups in total. The second-order valence-electron chi connectivity index (χ2n) is 12.1. The van der Waals surface area contributed by atoms with Gasteiger partial charge in [-0.1, -0.05) is 18.6 Å². The van der Waals surface area contributed by atoms with Crippen LogP contribution in [0.2, 0.25) is 0 Å². The molecule has 2 aromatic carbocycles. The molecule has 0 atom stereocenters. The summed E-state index contributed by atoms with van der Waals surface area (Å²) in [4.78, 5) is 32.2. The smallest absolute Gasteiger partial charge is 0.227 e. The first-order valence-corrected chi connectivity index (χ1v) is 15.8. The van der Waals surface area contributed by atoms with Crippen LogP contribution >= 0.6 is 0 Å². The number of hydrogen-bond donors (Lipinski definition) is 3. The van der Waals surface area contributed by atoms with Crippen LogP contribution in [0.5, 0.6) is 5.75 Å². The van der Waals surface area contributed by atoms with Gasteiger partial charge in [0, 0.05) is 41.2 Å². The number of fused-ring (bicyclic) bond motifs is 2. The molecule has 10 nitrogen and oxygen atoms in total. The lowest BCUT2D eigenvalue weighted by Gasteiger charge is -2.24. The zero-order valence-corrected chi connectivity index (χ0v) is 25.2. The number of H-pyrrole nitrogens is 2. The molecule has 0 radical (unpaired) electrons. The van der Waals surface area contributed by atoms with Crippen LogP contribution in [0.25, 0.3) is 55.8 Å². The number of benzene rings is 2.